The number of hydrogen-bond acceptors (Lipinski definition) is 3. The molecule has 116 valence electrons. The molecule has 1 aromatic carbocycles. The van der Waals surface area contributed by atoms with Gasteiger partial charge < -0.3 is 4.90 Å². The zero-order valence-electron chi connectivity index (χ0n) is 12.0. The first-order chi connectivity index (χ1) is 10.6. The molecule has 1 amide bonds. The van der Waals surface area contributed by atoms with Crippen LogP contribution in [-0.4, -0.2) is 22.3 Å². The molecule has 0 unspecified atom stereocenters. The summed E-state index contributed by atoms with van der Waals surface area (Å²) in [4.78, 5) is 18.1. The number of likely N-dealkylation sites (tertiary alicyclic amines) is 1. The zero-order chi connectivity index (χ0) is 15.5. The molecular formula is C16H16F2N2OS. The lowest BCUT2D eigenvalue weighted by Crippen LogP contribution is -2.32. The highest BCUT2D eigenvalue weighted by Gasteiger charge is 2.27. The molecule has 1 aliphatic heterocycles. The minimum atomic E-state index is -0.834. The molecule has 0 bridgehead atoms. The van der Waals surface area contributed by atoms with Gasteiger partial charge in [-0.3, -0.25) is 4.79 Å². The van der Waals surface area contributed by atoms with Gasteiger partial charge in [0.2, 0.25) is 5.91 Å². The molecule has 6 heteroatoms. The Kier molecular flexibility index (Phi) is 4.47. The zero-order valence-corrected chi connectivity index (χ0v) is 12.8. The van der Waals surface area contributed by atoms with Crippen LogP contribution < -0.4 is 0 Å². The van der Waals surface area contributed by atoms with E-state index in [1.807, 2.05) is 5.38 Å². The van der Waals surface area contributed by atoms with E-state index in [4.69, 9.17) is 0 Å². The third-order valence-corrected chi connectivity index (χ3v) is 4.73. The molecule has 0 saturated carbocycles. The molecule has 3 rings (SSSR count). The van der Waals surface area contributed by atoms with Crippen molar-refractivity contribution in [2.45, 2.75) is 31.7 Å². The summed E-state index contributed by atoms with van der Waals surface area (Å²) in [5.41, 5.74) is 0.360. The molecule has 3 nitrogen and oxygen atoms in total. The molecule has 22 heavy (non-hydrogen) atoms. The minimum Gasteiger partial charge on any atom is -0.335 e. The summed E-state index contributed by atoms with van der Waals surface area (Å²) in [7, 11) is 0. The van der Waals surface area contributed by atoms with E-state index in [-0.39, 0.29) is 11.8 Å². The van der Waals surface area contributed by atoms with Crippen LogP contribution in [0.3, 0.4) is 0 Å². The summed E-state index contributed by atoms with van der Waals surface area (Å²) in [5.74, 6) is -1.76. The Balaban J connectivity index is 1.83. The number of rotatable bonds is 3. The summed E-state index contributed by atoms with van der Waals surface area (Å²) in [6, 6.07) is 4.25. The second-order valence-corrected chi connectivity index (χ2v) is 6.41. The molecule has 1 aliphatic rings. The van der Waals surface area contributed by atoms with Gasteiger partial charge in [0, 0.05) is 30.5 Å². The van der Waals surface area contributed by atoms with Gasteiger partial charge in [0.05, 0.1) is 6.54 Å². The Bertz CT molecular complexity index is 660. The van der Waals surface area contributed by atoms with Gasteiger partial charge in [-0.2, -0.15) is 0 Å². The fourth-order valence-electron chi connectivity index (χ4n) is 2.85. The van der Waals surface area contributed by atoms with Gasteiger partial charge >= 0.3 is 0 Å². The first-order valence-electron chi connectivity index (χ1n) is 7.25. The van der Waals surface area contributed by atoms with Crippen LogP contribution in [0.1, 0.15) is 35.8 Å². The SMILES string of the molecule is O=C1CCC[C@@H](c2cccc(F)c2F)CN1Cc1nccs1. The fraction of sp³-hybridized carbons (Fsp3) is 0.375. The summed E-state index contributed by atoms with van der Waals surface area (Å²) in [6.07, 6.45) is 3.51. The van der Waals surface area contributed by atoms with Crippen molar-refractivity contribution in [1.82, 2.24) is 9.88 Å². The number of hydrogen-bond donors (Lipinski definition) is 0. The normalized spacial score (nSPS) is 19.3. The van der Waals surface area contributed by atoms with Crippen molar-refractivity contribution in [2.75, 3.05) is 6.54 Å². The van der Waals surface area contributed by atoms with Crippen LogP contribution in [0.4, 0.5) is 8.78 Å². The van der Waals surface area contributed by atoms with E-state index in [1.165, 1.54) is 17.4 Å². The maximum absolute atomic E-state index is 14.0. The van der Waals surface area contributed by atoms with Crippen LogP contribution in [-0.2, 0) is 11.3 Å². The van der Waals surface area contributed by atoms with Crippen molar-refractivity contribution in [2.24, 2.45) is 0 Å². The lowest BCUT2D eigenvalue weighted by Gasteiger charge is -2.24. The van der Waals surface area contributed by atoms with Gasteiger partial charge in [0.15, 0.2) is 11.6 Å². The van der Waals surface area contributed by atoms with E-state index in [0.717, 1.165) is 11.1 Å². The van der Waals surface area contributed by atoms with Gasteiger partial charge in [-0.15, -0.1) is 11.3 Å². The minimum absolute atomic E-state index is 0.0505. The molecule has 2 aromatic rings. The average molecular weight is 322 g/mol. The molecule has 1 aromatic heterocycles. The number of carbonyl (C=O) groups excluding carboxylic acids is 1. The number of thiazole rings is 1. The molecule has 0 radical (unpaired) electrons. The van der Waals surface area contributed by atoms with Crippen molar-refractivity contribution in [3.63, 3.8) is 0 Å². The third-order valence-electron chi connectivity index (χ3n) is 3.97. The van der Waals surface area contributed by atoms with Crippen LogP contribution in [0.5, 0.6) is 0 Å². The number of halogens is 2. The molecule has 1 fully saturated rings. The van der Waals surface area contributed by atoms with E-state index in [9.17, 15) is 13.6 Å². The second-order valence-electron chi connectivity index (χ2n) is 5.43. The van der Waals surface area contributed by atoms with Crippen molar-refractivity contribution in [1.29, 1.82) is 0 Å². The van der Waals surface area contributed by atoms with Gasteiger partial charge in [-0.25, -0.2) is 13.8 Å². The molecule has 0 spiro atoms. The maximum Gasteiger partial charge on any atom is 0.222 e. The first kappa shape index (κ1) is 15.1. The van der Waals surface area contributed by atoms with Crippen molar-refractivity contribution in [3.05, 3.63) is 52.0 Å². The Morgan fingerprint density at radius 1 is 1.36 bits per heavy atom. The van der Waals surface area contributed by atoms with Crippen molar-refractivity contribution in [3.8, 4) is 0 Å². The largest absolute Gasteiger partial charge is 0.335 e. The second kappa shape index (κ2) is 6.52. The smallest absolute Gasteiger partial charge is 0.222 e. The van der Waals surface area contributed by atoms with E-state index in [0.29, 0.717) is 37.9 Å². The van der Waals surface area contributed by atoms with Gasteiger partial charge in [0.1, 0.15) is 5.01 Å². The molecule has 1 atom stereocenters. The van der Waals surface area contributed by atoms with Crippen LogP contribution in [0.2, 0.25) is 0 Å². The predicted molar refractivity (Wildman–Crippen MR) is 80.5 cm³/mol. The summed E-state index contributed by atoms with van der Waals surface area (Å²) < 4.78 is 27.5. The number of benzene rings is 1. The number of nitrogens with zero attached hydrogens (tertiary/aromatic N) is 2. The molecule has 0 aliphatic carbocycles. The Morgan fingerprint density at radius 2 is 2.23 bits per heavy atom. The molecule has 2 heterocycles. The van der Waals surface area contributed by atoms with E-state index < -0.39 is 11.6 Å². The van der Waals surface area contributed by atoms with Crippen LogP contribution in [0.15, 0.2) is 29.8 Å². The van der Waals surface area contributed by atoms with Crippen LogP contribution >= 0.6 is 11.3 Å². The number of aromatic nitrogens is 1. The monoisotopic (exact) mass is 322 g/mol. The Labute approximate surface area is 131 Å². The first-order valence-corrected chi connectivity index (χ1v) is 8.13. The van der Waals surface area contributed by atoms with E-state index in [1.54, 1.807) is 17.2 Å². The van der Waals surface area contributed by atoms with E-state index >= 15 is 0 Å². The topological polar surface area (TPSA) is 33.2 Å². The van der Waals surface area contributed by atoms with E-state index in [2.05, 4.69) is 4.98 Å². The highest BCUT2D eigenvalue weighted by atomic mass is 32.1. The quantitative estimate of drug-likeness (QED) is 0.863. The highest BCUT2D eigenvalue weighted by molar-refractivity contribution is 7.09. The lowest BCUT2D eigenvalue weighted by atomic mass is 9.93. The summed E-state index contributed by atoms with van der Waals surface area (Å²) >= 11 is 1.49. The van der Waals surface area contributed by atoms with Crippen molar-refractivity contribution >= 4 is 17.2 Å². The number of carbonyl (C=O) groups is 1. The fourth-order valence-corrected chi connectivity index (χ4v) is 3.48. The highest BCUT2D eigenvalue weighted by Crippen LogP contribution is 2.30. The molecular weight excluding hydrogens is 306 g/mol. The average Bonchev–Trinajstić information content (AvgIpc) is 2.94. The standard InChI is InChI=1S/C16H16F2N2OS/c17-13-5-2-4-12(16(13)18)11-3-1-6-15(21)20(9-11)10-14-19-7-8-22-14/h2,4-5,7-8,11H,1,3,6,9-10H2/t11-/m1/s1. The Morgan fingerprint density at radius 3 is 3.00 bits per heavy atom. The number of amides is 1. The lowest BCUT2D eigenvalue weighted by molar-refractivity contribution is -0.131. The van der Waals surface area contributed by atoms with Gasteiger partial charge in [-0.1, -0.05) is 12.1 Å². The third kappa shape index (κ3) is 3.16. The van der Waals surface area contributed by atoms with Crippen LogP contribution in [0, 0.1) is 11.6 Å². The Hall–Kier alpha value is -1.82. The van der Waals surface area contributed by atoms with Gasteiger partial charge in [-0.05, 0) is 24.5 Å². The molecule has 1 saturated heterocycles. The van der Waals surface area contributed by atoms with Gasteiger partial charge in [0.25, 0.3) is 0 Å². The summed E-state index contributed by atoms with van der Waals surface area (Å²) in [5, 5.41) is 2.72. The predicted octanol–water partition coefficient (Wildman–Crippen LogP) is 3.72. The summed E-state index contributed by atoms with van der Waals surface area (Å²) in [6.45, 7) is 0.836. The van der Waals surface area contributed by atoms with Crippen molar-refractivity contribution < 1.29 is 13.6 Å². The van der Waals surface area contributed by atoms with Crippen LogP contribution in [0.25, 0.3) is 0 Å². The maximum atomic E-state index is 14.0. The molecule has 0 N–H and O–H groups in total.